The molecule has 3 aromatic rings. The van der Waals surface area contributed by atoms with Gasteiger partial charge in [0.15, 0.2) is 0 Å². The predicted octanol–water partition coefficient (Wildman–Crippen LogP) is 4.96. The second-order valence-corrected chi connectivity index (χ2v) is 10.0. The first kappa shape index (κ1) is 24.6. The van der Waals surface area contributed by atoms with E-state index in [0.717, 1.165) is 63.3 Å². The maximum Gasteiger partial charge on any atom is 0.123 e. The molecule has 0 bridgehead atoms. The highest BCUT2D eigenvalue weighted by molar-refractivity contribution is 5.53. The van der Waals surface area contributed by atoms with Gasteiger partial charge in [-0.1, -0.05) is 18.2 Å². The number of phenolic OH excluding ortho intramolecular Hbond substituents is 1. The highest BCUT2D eigenvalue weighted by Gasteiger charge is 2.28. The molecule has 0 spiro atoms. The average molecular weight is 491 g/mol. The lowest BCUT2D eigenvalue weighted by Crippen LogP contribution is -2.39. The minimum Gasteiger partial charge on any atom is -0.508 e. The Labute approximate surface area is 212 Å². The molecule has 2 atom stereocenters. The van der Waals surface area contributed by atoms with Crippen molar-refractivity contribution in [3.05, 3.63) is 89.2 Å². The van der Waals surface area contributed by atoms with E-state index in [1.54, 1.807) is 6.07 Å². The summed E-state index contributed by atoms with van der Waals surface area (Å²) in [5.74, 6) is 1.31. The Morgan fingerprint density at radius 3 is 2.56 bits per heavy atom. The zero-order valence-electron chi connectivity index (χ0n) is 20.7. The van der Waals surface area contributed by atoms with Crippen molar-refractivity contribution in [1.82, 2.24) is 4.90 Å². The zero-order chi connectivity index (χ0) is 24.9. The molecule has 5 rings (SSSR count). The molecular weight excluding hydrogens is 455 g/mol. The van der Waals surface area contributed by atoms with Crippen LogP contribution in [0.3, 0.4) is 0 Å². The van der Waals surface area contributed by atoms with Gasteiger partial charge in [0.25, 0.3) is 0 Å². The van der Waals surface area contributed by atoms with Crippen LogP contribution in [-0.2, 0) is 12.8 Å². The zero-order valence-corrected chi connectivity index (χ0v) is 20.7. The number of nitrogens with zero attached hydrogens (tertiary/aromatic N) is 2. The number of halogens is 1. The number of hydrogen-bond donors (Lipinski definition) is 2. The van der Waals surface area contributed by atoms with Crippen molar-refractivity contribution >= 4 is 5.69 Å². The summed E-state index contributed by atoms with van der Waals surface area (Å²) in [7, 11) is 0. The van der Waals surface area contributed by atoms with E-state index in [1.807, 2.05) is 36.4 Å². The summed E-state index contributed by atoms with van der Waals surface area (Å²) >= 11 is 0. The molecule has 1 fully saturated rings. The minimum absolute atomic E-state index is 0.0881. The van der Waals surface area contributed by atoms with Crippen LogP contribution in [0.15, 0.2) is 66.7 Å². The van der Waals surface area contributed by atoms with Crippen LogP contribution in [0.1, 0.15) is 35.6 Å². The van der Waals surface area contributed by atoms with Crippen LogP contribution in [-0.4, -0.2) is 54.5 Å². The smallest absolute Gasteiger partial charge is 0.123 e. The summed E-state index contributed by atoms with van der Waals surface area (Å²) in [5, 5.41) is 19.4. The van der Waals surface area contributed by atoms with Crippen molar-refractivity contribution in [3.8, 4) is 11.5 Å². The van der Waals surface area contributed by atoms with Gasteiger partial charge in [0.1, 0.15) is 23.9 Å². The molecule has 2 aliphatic heterocycles. The Balaban J connectivity index is 1.26. The van der Waals surface area contributed by atoms with Crippen molar-refractivity contribution in [2.75, 3.05) is 44.3 Å². The molecule has 1 saturated heterocycles. The molecule has 36 heavy (non-hydrogen) atoms. The number of ether oxygens (including phenoxy) is 1. The van der Waals surface area contributed by atoms with Crippen LogP contribution in [0.2, 0.25) is 0 Å². The second kappa shape index (κ2) is 11.3. The second-order valence-electron chi connectivity index (χ2n) is 10.0. The lowest BCUT2D eigenvalue weighted by Gasteiger charge is -2.39. The third kappa shape index (κ3) is 5.82. The van der Waals surface area contributed by atoms with E-state index in [9.17, 15) is 14.6 Å². The lowest BCUT2D eigenvalue weighted by molar-refractivity contribution is 0.107. The van der Waals surface area contributed by atoms with Crippen molar-refractivity contribution in [2.45, 2.75) is 31.7 Å². The highest BCUT2D eigenvalue weighted by Crippen LogP contribution is 2.37. The summed E-state index contributed by atoms with van der Waals surface area (Å²) in [6.45, 7) is 4.60. The van der Waals surface area contributed by atoms with E-state index >= 15 is 0 Å². The Bertz CT molecular complexity index is 1140. The van der Waals surface area contributed by atoms with E-state index in [0.29, 0.717) is 18.3 Å². The maximum atomic E-state index is 13.6. The van der Waals surface area contributed by atoms with E-state index < -0.39 is 0 Å². The van der Waals surface area contributed by atoms with Gasteiger partial charge in [0, 0.05) is 31.9 Å². The number of hydrogen-bond acceptors (Lipinski definition) is 5. The van der Waals surface area contributed by atoms with Crippen LogP contribution < -0.4 is 9.64 Å². The largest absolute Gasteiger partial charge is 0.508 e. The average Bonchev–Trinajstić information content (AvgIpc) is 2.90. The van der Waals surface area contributed by atoms with Crippen molar-refractivity contribution < 1.29 is 19.3 Å². The molecule has 0 aliphatic carbocycles. The minimum atomic E-state index is -0.235. The Morgan fingerprint density at radius 1 is 0.972 bits per heavy atom. The molecular formula is C30H35FN2O3. The lowest BCUT2D eigenvalue weighted by atomic mass is 9.88. The number of aliphatic hydroxyl groups is 1. The van der Waals surface area contributed by atoms with Gasteiger partial charge in [-0.3, -0.25) is 4.90 Å². The Kier molecular flexibility index (Phi) is 7.73. The molecule has 0 saturated carbocycles. The third-order valence-electron chi connectivity index (χ3n) is 7.53. The van der Waals surface area contributed by atoms with E-state index in [4.69, 9.17) is 4.74 Å². The molecule has 190 valence electrons. The van der Waals surface area contributed by atoms with Gasteiger partial charge in [-0.2, -0.15) is 0 Å². The molecule has 0 amide bonds. The standard InChI is InChI=1S/C30H35FN2O3/c31-25-5-7-26(8-6-25)33-15-13-24-19-27(35)9-12-29(24)30(33)18-22-3-10-28(11-4-22)36-17-16-32-14-1-2-23(20-32)21-34/h3-12,19,23,30,34-35H,1-2,13-18,20-21H2. The van der Waals surface area contributed by atoms with Gasteiger partial charge < -0.3 is 19.8 Å². The number of benzene rings is 3. The first-order valence-electron chi connectivity index (χ1n) is 13.0. The monoisotopic (exact) mass is 490 g/mol. The molecule has 5 nitrogen and oxygen atoms in total. The predicted molar refractivity (Wildman–Crippen MR) is 140 cm³/mol. The molecule has 0 aromatic heterocycles. The van der Waals surface area contributed by atoms with Crippen LogP contribution in [0.25, 0.3) is 0 Å². The summed E-state index contributed by atoms with van der Waals surface area (Å²) in [6.07, 6.45) is 3.88. The van der Waals surface area contributed by atoms with Gasteiger partial charge in [-0.15, -0.1) is 0 Å². The van der Waals surface area contributed by atoms with Crippen LogP contribution in [0, 0.1) is 11.7 Å². The molecule has 3 aromatic carbocycles. The van der Waals surface area contributed by atoms with E-state index in [1.165, 1.54) is 28.8 Å². The Morgan fingerprint density at radius 2 is 1.78 bits per heavy atom. The summed E-state index contributed by atoms with van der Waals surface area (Å²) in [6, 6.07) is 20.7. The molecule has 6 heteroatoms. The first-order chi connectivity index (χ1) is 17.6. The van der Waals surface area contributed by atoms with Gasteiger partial charge in [-0.25, -0.2) is 4.39 Å². The van der Waals surface area contributed by atoms with Crippen LogP contribution >= 0.6 is 0 Å². The topological polar surface area (TPSA) is 56.2 Å². The fraction of sp³-hybridized carbons (Fsp3) is 0.400. The molecule has 2 N–H and O–H groups in total. The summed E-state index contributed by atoms with van der Waals surface area (Å²) < 4.78 is 19.6. The van der Waals surface area contributed by atoms with Gasteiger partial charge in [0.05, 0.1) is 6.04 Å². The van der Waals surface area contributed by atoms with Crippen LogP contribution in [0.5, 0.6) is 11.5 Å². The first-order valence-corrected chi connectivity index (χ1v) is 13.0. The summed E-state index contributed by atoms with van der Waals surface area (Å²) in [4.78, 5) is 4.71. The number of phenols is 1. The van der Waals surface area contributed by atoms with Gasteiger partial charge >= 0.3 is 0 Å². The van der Waals surface area contributed by atoms with E-state index in [2.05, 4.69) is 21.9 Å². The highest BCUT2D eigenvalue weighted by atomic mass is 19.1. The summed E-state index contributed by atoms with van der Waals surface area (Å²) in [5.41, 5.74) is 4.56. The SMILES string of the molecule is OCC1CCCN(CCOc2ccc(CC3c4ccc(O)cc4CCN3c3ccc(F)cc3)cc2)C1. The molecule has 2 heterocycles. The third-order valence-corrected chi connectivity index (χ3v) is 7.53. The number of aliphatic hydroxyl groups excluding tert-OH is 1. The van der Waals surface area contributed by atoms with Crippen molar-refractivity contribution in [2.24, 2.45) is 5.92 Å². The van der Waals surface area contributed by atoms with Gasteiger partial charge in [-0.05, 0) is 103 Å². The number of aromatic hydroxyl groups is 1. The molecule has 2 aliphatic rings. The number of fused-ring (bicyclic) bond motifs is 1. The number of piperidine rings is 1. The van der Waals surface area contributed by atoms with Crippen molar-refractivity contribution in [1.29, 1.82) is 0 Å². The van der Waals surface area contributed by atoms with Crippen LogP contribution in [0.4, 0.5) is 10.1 Å². The quantitative estimate of drug-likeness (QED) is 0.468. The molecule has 0 radical (unpaired) electrons. The van der Waals surface area contributed by atoms with Gasteiger partial charge in [0.2, 0.25) is 0 Å². The number of likely N-dealkylation sites (tertiary alicyclic amines) is 1. The normalized spacial score (nSPS) is 20.2. The fourth-order valence-corrected chi connectivity index (χ4v) is 5.60. The molecule has 2 unspecified atom stereocenters. The Hall–Kier alpha value is -3.09. The van der Waals surface area contributed by atoms with E-state index in [-0.39, 0.29) is 18.5 Å². The van der Waals surface area contributed by atoms with Crippen molar-refractivity contribution in [3.63, 3.8) is 0 Å². The number of rotatable bonds is 8. The number of anilines is 1. The maximum absolute atomic E-state index is 13.6. The fourth-order valence-electron chi connectivity index (χ4n) is 5.60.